The van der Waals surface area contributed by atoms with Crippen molar-refractivity contribution in [1.29, 1.82) is 5.41 Å². The van der Waals surface area contributed by atoms with Crippen LogP contribution in [0.3, 0.4) is 0 Å². The van der Waals surface area contributed by atoms with E-state index in [-0.39, 0.29) is 17.5 Å². The maximum Gasteiger partial charge on any atom is 0.352 e. The Labute approximate surface area is 167 Å². The van der Waals surface area contributed by atoms with Crippen LogP contribution in [-0.4, -0.2) is 41.0 Å². The first-order valence-corrected chi connectivity index (χ1v) is 9.11. The van der Waals surface area contributed by atoms with Gasteiger partial charge >= 0.3 is 5.97 Å². The highest BCUT2D eigenvalue weighted by Crippen LogP contribution is 2.24. The van der Waals surface area contributed by atoms with Gasteiger partial charge in [-0.05, 0) is 49.2 Å². The number of amidine groups is 1. The molecule has 0 aromatic heterocycles. The van der Waals surface area contributed by atoms with Crippen LogP contribution in [0, 0.1) is 5.41 Å². The van der Waals surface area contributed by atoms with Crippen LogP contribution in [0.4, 0.5) is 0 Å². The number of Topliss-reactive ketones (excluding diaryl/α,β-unsaturated/α-hetero) is 1. The molecule has 3 rings (SSSR count). The summed E-state index contributed by atoms with van der Waals surface area (Å²) in [5, 5.41) is 7.43. The lowest BCUT2D eigenvalue weighted by molar-refractivity contribution is -0.210. The van der Waals surface area contributed by atoms with Crippen molar-refractivity contribution in [3.8, 4) is 5.75 Å². The van der Waals surface area contributed by atoms with Crippen LogP contribution in [-0.2, 0) is 9.68 Å². The van der Waals surface area contributed by atoms with Crippen molar-refractivity contribution >= 4 is 23.5 Å². The van der Waals surface area contributed by atoms with E-state index in [1.807, 2.05) is 0 Å². The molecular weight excluding hydrogens is 374 g/mol. The van der Waals surface area contributed by atoms with Gasteiger partial charge in [0.2, 0.25) is 0 Å². The quantitative estimate of drug-likeness (QED) is 0.254. The van der Waals surface area contributed by atoms with E-state index in [0.717, 1.165) is 6.42 Å². The Morgan fingerprint density at radius 2 is 1.59 bits per heavy atom. The van der Waals surface area contributed by atoms with Gasteiger partial charge < -0.3 is 10.6 Å². The van der Waals surface area contributed by atoms with Crippen molar-refractivity contribution < 1.29 is 24.2 Å². The van der Waals surface area contributed by atoms with Gasteiger partial charge in [0.25, 0.3) is 5.91 Å². The average Bonchev–Trinajstić information content (AvgIpc) is 3.21. The Morgan fingerprint density at radius 1 is 1.00 bits per heavy atom. The zero-order valence-corrected chi connectivity index (χ0v) is 15.9. The molecular formula is C21H21N3O5. The van der Waals surface area contributed by atoms with Gasteiger partial charge in [-0.2, -0.15) is 0 Å². The second-order valence-electron chi connectivity index (χ2n) is 6.69. The molecule has 1 aliphatic heterocycles. The summed E-state index contributed by atoms with van der Waals surface area (Å²) >= 11 is 0. The molecule has 0 bridgehead atoms. The van der Waals surface area contributed by atoms with Crippen LogP contribution in [0.1, 0.15) is 46.0 Å². The Kier molecular flexibility index (Phi) is 5.92. The number of amides is 1. The molecule has 2 aromatic carbocycles. The van der Waals surface area contributed by atoms with E-state index in [1.165, 1.54) is 19.1 Å². The Bertz CT molecular complexity index is 938. The van der Waals surface area contributed by atoms with Gasteiger partial charge in [0.1, 0.15) is 5.84 Å². The number of carbonyl (C=O) groups is 3. The molecule has 1 fully saturated rings. The minimum Gasteiger partial charge on any atom is -0.384 e. The van der Waals surface area contributed by atoms with E-state index in [9.17, 15) is 14.4 Å². The first-order valence-electron chi connectivity index (χ1n) is 9.11. The SMILES string of the molecule is CC(=O)OOc1ccc(C(=O)[C@H]2CCCN2C(=O)c2ccc(C(=N)N)cc2)cc1. The molecule has 3 N–H and O–H groups in total. The van der Waals surface area contributed by atoms with E-state index in [4.69, 9.17) is 16.0 Å². The molecule has 0 unspecified atom stereocenters. The van der Waals surface area contributed by atoms with Crippen molar-refractivity contribution in [3.63, 3.8) is 0 Å². The zero-order chi connectivity index (χ0) is 21.0. The second-order valence-corrected chi connectivity index (χ2v) is 6.69. The number of carbonyl (C=O) groups excluding carboxylic acids is 3. The van der Waals surface area contributed by atoms with E-state index in [2.05, 4.69) is 4.89 Å². The number of hydrogen-bond acceptors (Lipinski definition) is 6. The molecule has 1 atom stereocenters. The molecule has 8 nitrogen and oxygen atoms in total. The summed E-state index contributed by atoms with van der Waals surface area (Å²) in [5.74, 6) is -0.747. The molecule has 29 heavy (non-hydrogen) atoms. The fourth-order valence-corrected chi connectivity index (χ4v) is 3.21. The van der Waals surface area contributed by atoms with Crippen LogP contribution in [0.5, 0.6) is 5.75 Å². The molecule has 2 aromatic rings. The Morgan fingerprint density at radius 3 is 2.17 bits per heavy atom. The molecule has 0 radical (unpaired) electrons. The minimum absolute atomic E-state index is 0.0700. The number of rotatable bonds is 6. The van der Waals surface area contributed by atoms with Crippen molar-refractivity contribution in [3.05, 3.63) is 65.2 Å². The van der Waals surface area contributed by atoms with Crippen molar-refractivity contribution in [1.82, 2.24) is 4.90 Å². The molecule has 1 aliphatic rings. The maximum absolute atomic E-state index is 12.9. The number of likely N-dealkylation sites (tertiary alicyclic amines) is 1. The molecule has 0 aliphatic carbocycles. The molecule has 1 saturated heterocycles. The van der Waals surface area contributed by atoms with E-state index in [0.29, 0.717) is 35.4 Å². The first kappa shape index (κ1) is 20.1. The highest BCUT2D eigenvalue weighted by molar-refractivity contribution is 6.05. The lowest BCUT2D eigenvalue weighted by Gasteiger charge is -2.24. The number of hydrogen-bond donors (Lipinski definition) is 2. The minimum atomic E-state index is -0.582. The number of nitrogen functional groups attached to an aromatic ring is 1. The lowest BCUT2D eigenvalue weighted by atomic mass is 10.0. The van der Waals surface area contributed by atoms with Gasteiger partial charge in [0, 0.05) is 30.2 Å². The first-order chi connectivity index (χ1) is 13.9. The molecule has 1 heterocycles. The summed E-state index contributed by atoms with van der Waals surface area (Å²) in [6.45, 7) is 1.72. The molecule has 0 saturated carbocycles. The van der Waals surface area contributed by atoms with Crippen molar-refractivity contribution in [2.24, 2.45) is 5.73 Å². The Hall–Kier alpha value is -3.68. The van der Waals surface area contributed by atoms with Crippen LogP contribution >= 0.6 is 0 Å². The molecule has 0 spiro atoms. The maximum atomic E-state index is 12.9. The number of nitrogens with zero attached hydrogens (tertiary/aromatic N) is 1. The third-order valence-corrected chi connectivity index (χ3v) is 4.65. The number of benzene rings is 2. The molecule has 150 valence electrons. The van der Waals surface area contributed by atoms with E-state index >= 15 is 0 Å². The molecule has 1 amide bonds. The lowest BCUT2D eigenvalue weighted by Crippen LogP contribution is -2.40. The summed E-state index contributed by atoms with van der Waals surface area (Å²) in [6, 6.07) is 12.1. The summed E-state index contributed by atoms with van der Waals surface area (Å²) in [6.07, 6.45) is 1.32. The van der Waals surface area contributed by atoms with Gasteiger partial charge in [0.15, 0.2) is 11.5 Å². The van der Waals surface area contributed by atoms with E-state index in [1.54, 1.807) is 41.3 Å². The van der Waals surface area contributed by atoms with Gasteiger partial charge in [-0.3, -0.25) is 24.8 Å². The van der Waals surface area contributed by atoms with Crippen LogP contribution in [0.15, 0.2) is 48.5 Å². The highest BCUT2D eigenvalue weighted by atomic mass is 17.2. The number of ketones is 1. The Balaban J connectivity index is 1.72. The summed E-state index contributed by atoms with van der Waals surface area (Å²) < 4.78 is 0. The predicted molar refractivity (Wildman–Crippen MR) is 105 cm³/mol. The largest absolute Gasteiger partial charge is 0.384 e. The average molecular weight is 395 g/mol. The van der Waals surface area contributed by atoms with Gasteiger partial charge in [-0.1, -0.05) is 12.1 Å². The van der Waals surface area contributed by atoms with Gasteiger partial charge in [0.05, 0.1) is 6.04 Å². The number of nitrogens with one attached hydrogen (secondary N) is 1. The van der Waals surface area contributed by atoms with Crippen LogP contribution < -0.4 is 10.6 Å². The van der Waals surface area contributed by atoms with Crippen LogP contribution in [0.25, 0.3) is 0 Å². The summed E-state index contributed by atoms with van der Waals surface area (Å²) in [4.78, 5) is 47.5. The monoisotopic (exact) mass is 395 g/mol. The highest BCUT2D eigenvalue weighted by Gasteiger charge is 2.35. The zero-order valence-electron chi connectivity index (χ0n) is 15.9. The molecule has 8 heteroatoms. The third kappa shape index (κ3) is 4.60. The normalized spacial score (nSPS) is 15.6. The number of nitrogens with two attached hydrogens (primary N) is 1. The third-order valence-electron chi connectivity index (χ3n) is 4.65. The smallest absolute Gasteiger partial charge is 0.352 e. The predicted octanol–water partition coefficient (Wildman–Crippen LogP) is 2.32. The van der Waals surface area contributed by atoms with Crippen LogP contribution in [0.2, 0.25) is 0 Å². The van der Waals surface area contributed by atoms with Gasteiger partial charge in [-0.15, -0.1) is 0 Å². The van der Waals surface area contributed by atoms with Gasteiger partial charge in [-0.25, -0.2) is 4.79 Å². The topological polar surface area (TPSA) is 123 Å². The fourth-order valence-electron chi connectivity index (χ4n) is 3.21. The van der Waals surface area contributed by atoms with E-state index < -0.39 is 12.0 Å². The van der Waals surface area contributed by atoms with Crippen molar-refractivity contribution in [2.75, 3.05) is 6.54 Å². The second kappa shape index (κ2) is 8.55. The summed E-state index contributed by atoms with van der Waals surface area (Å²) in [7, 11) is 0. The standard InChI is InChI=1S/C21H21N3O5/c1-13(25)28-29-17-10-8-14(9-11-17)19(26)18-3-2-12-24(18)21(27)16-6-4-15(5-7-16)20(22)23/h4-11,18H,2-3,12H2,1H3,(H3,22,23)/t18-/m1/s1. The fraction of sp³-hybridized carbons (Fsp3) is 0.238. The van der Waals surface area contributed by atoms with Crippen molar-refractivity contribution in [2.45, 2.75) is 25.8 Å². The summed E-state index contributed by atoms with van der Waals surface area (Å²) in [5.41, 5.74) is 6.86.